The van der Waals surface area contributed by atoms with Gasteiger partial charge in [-0.2, -0.15) is 0 Å². The molecule has 9 heteroatoms. The Balaban J connectivity index is 1.45. The molecule has 1 amide bonds. The van der Waals surface area contributed by atoms with Gasteiger partial charge in [-0.15, -0.1) is 21.5 Å². The summed E-state index contributed by atoms with van der Waals surface area (Å²) in [7, 11) is 0. The van der Waals surface area contributed by atoms with Crippen LogP contribution >= 0.6 is 23.1 Å². The fourth-order valence-corrected chi connectivity index (χ4v) is 4.76. The summed E-state index contributed by atoms with van der Waals surface area (Å²) in [6.45, 7) is 5.61. The second-order valence-electron chi connectivity index (χ2n) is 7.02. The lowest BCUT2D eigenvalue weighted by atomic mass is 10.2. The molecule has 30 heavy (non-hydrogen) atoms. The summed E-state index contributed by atoms with van der Waals surface area (Å²) >= 11 is 3.12. The normalized spacial score (nSPS) is 14.1. The SMILES string of the molecule is Cc1cccc(-n2c(SCC(=O)NCCc3cccs3)nnc2N2CCOCC2)c1. The fraction of sp³-hybridized carbons (Fsp3) is 0.381. The number of nitrogens with zero attached hydrogens (tertiary/aromatic N) is 4. The Morgan fingerprint density at radius 3 is 2.87 bits per heavy atom. The van der Waals surface area contributed by atoms with E-state index in [-0.39, 0.29) is 5.91 Å². The molecular weight excluding hydrogens is 418 g/mol. The van der Waals surface area contributed by atoms with Crippen LogP contribution in [0, 0.1) is 6.92 Å². The third kappa shape index (κ3) is 5.21. The fourth-order valence-electron chi connectivity index (χ4n) is 3.28. The number of aromatic nitrogens is 3. The predicted octanol–water partition coefficient (Wildman–Crippen LogP) is 2.92. The number of ether oxygens (including phenoxy) is 1. The maximum absolute atomic E-state index is 12.3. The molecule has 0 saturated carbocycles. The average molecular weight is 444 g/mol. The molecule has 0 atom stereocenters. The van der Waals surface area contributed by atoms with E-state index in [9.17, 15) is 4.79 Å². The van der Waals surface area contributed by atoms with Crippen molar-refractivity contribution >= 4 is 35.0 Å². The zero-order valence-electron chi connectivity index (χ0n) is 16.9. The highest BCUT2D eigenvalue weighted by molar-refractivity contribution is 7.99. The van der Waals surface area contributed by atoms with Crippen molar-refractivity contribution in [3.05, 3.63) is 52.2 Å². The number of rotatable bonds is 8. The lowest BCUT2D eigenvalue weighted by Gasteiger charge is -2.28. The number of anilines is 1. The Kier molecular flexibility index (Phi) is 7.03. The van der Waals surface area contributed by atoms with E-state index in [2.05, 4.69) is 50.9 Å². The minimum absolute atomic E-state index is 0.00303. The van der Waals surface area contributed by atoms with Crippen LogP contribution in [0.4, 0.5) is 5.95 Å². The van der Waals surface area contributed by atoms with E-state index in [0.717, 1.165) is 41.9 Å². The molecule has 0 aliphatic carbocycles. The van der Waals surface area contributed by atoms with Gasteiger partial charge in [-0.25, -0.2) is 0 Å². The van der Waals surface area contributed by atoms with Crippen LogP contribution in [0.15, 0.2) is 46.9 Å². The lowest BCUT2D eigenvalue weighted by Crippen LogP contribution is -2.37. The summed E-state index contributed by atoms with van der Waals surface area (Å²) < 4.78 is 7.52. The molecule has 158 valence electrons. The van der Waals surface area contributed by atoms with Gasteiger partial charge in [-0.1, -0.05) is 30.0 Å². The van der Waals surface area contributed by atoms with Crippen molar-refractivity contribution < 1.29 is 9.53 Å². The molecule has 1 fully saturated rings. The highest BCUT2D eigenvalue weighted by Crippen LogP contribution is 2.27. The van der Waals surface area contributed by atoms with Gasteiger partial charge in [0.15, 0.2) is 5.16 Å². The molecule has 1 N–H and O–H groups in total. The molecule has 1 saturated heterocycles. The lowest BCUT2D eigenvalue weighted by molar-refractivity contribution is -0.118. The number of nitrogens with one attached hydrogen (secondary N) is 1. The molecule has 3 heterocycles. The first-order valence-corrected chi connectivity index (χ1v) is 11.8. The van der Waals surface area contributed by atoms with Gasteiger partial charge in [0.05, 0.1) is 24.7 Å². The summed E-state index contributed by atoms with van der Waals surface area (Å²) in [4.78, 5) is 15.8. The summed E-state index contributed by atoms with van der Waals surface area (Å²) in [6.07, 6.45) is 0.856. The number of carbonyl (C=O) groups excluding carboxylic acids is 1. The number of thiophene rings is 1. The Morgan fingerprint density at radius 1 is 1.23 bits per heavy atom. The van der Waals surface area contributed by atoms with Crippen molar-refractivity contribution in [3.8, 4) is 5.69 Å². The van der Waals surface area contributed by atoms with Crippen LogP contribution in [0.5, 0.6) is 0 Å². The van der Waals surface area contributed by atoms with E-state index in [4.69, 9.17) is 4.74 Å². The number of aryl methyl sites for hydroxylation is 1. The monoisotopic (exact) mass is 443 g/mol. The first-order chi connectivity index (χ1) is 14.7. The number of morpholine rings is 1. The second kappa shape index (κ2) is 10.1. The molecule has 1 aliphatic rings. The van der Waals surface area contributed by atoms with E-state index >= 15 is 0 Å². The first-order valence-electron chi connectivity index (χ1n) is 9.98. The largest absolute Gasteiger partial charge is 0.378 e. The minimum Gasteiger partial charge on any atom is -0.378 e. The summed E-state index contributed by atoms with van der Waals surface area (Å²) in [5.74, 6) is 1.10. The highest BCUT2D eigenvalue weighted by atomic mass is 32.2. The predicted molar refractivity (Wildman–Crippen MR) is 121 cm³/mol. The molecule has 1 aromatic carbocycles. The van der Waals surface area contributed by atoms with Crippen LogP contribution in [0.2, 0.25) is 0 Å². The quantitative estimate of drug-likeness (QED) is 0.540. The van der Waals surface area contributed by atoms with E-state index < -0.39 is 0 Å². The molecule has 0 unspecified atom stereocenters. The van der Waals surface area contributed by atoms with Crippen molar-refractivity contribution in [1.29, 1.82) is 0 Å². The van der Waals surface area contributed by atoms with E-state index in [1.165, 1.54) is 16.6 Å². The molecule has 3 aromatic rings. The van der Waals surface area contributed by atoms with E-state index in [1.54, 1.807) is 11.3 Å². The van der Waals surface area contributed by atoms with Gasteiger partial charge in [0.1, 0.15) is 0 Å². The van der Waals surface area contributed by atoms with Crippen LogP contribution < -0.4 is 10.2 Å². The Labute approximate surface area is 184 Å². The van der Waals surface area contributed by atoms with Gasteiger partial charge in [0.25, 0.3) is 0 Å². The minimum atomic E-state index is 0.00303. The topological polar surface area (TPSA) is 72.3 Å². The van der Waals surface area contributed by atoms with Crippen LogP contribution in [0.1, 0.15) is 10.4 Å². The van der Waals surface area contributed by atoms with Crippen molar-refractivity contribution in [2.24, 2.45) is 0 Å². The molecular formula is C21H25N5O2S2. The third-order valence-electron chi connectivity index (χ3n) is 4.78. The molecule has 0 spiro atoms. The third-order valence-corrected chi connectivity index (χ3v) is 6.64. The molecule has 2 aromatic heterocycles. The van der Waals surface area contributed by atoms with Crippen LogP contribution in [0.3, 0.4) is 0 Å². The Morgan fingerprint density at radius 2 is 2.10 bits per heavy atom. The molecule has 4 rings (SSSR count). The van der Waals surface area contributed by atoms with Crippen LogP contribution in [-0.4, -0.2) is 59.3 Å². The van der Waals surface area contributed by atoms with Gasteiger partial charge in [-0.05, 0) is 42.5 Å². The highest BCUT2D eigenvalue weighted by Gasteiger charge is 2.22. The van der Waals surface area contributed by atoms with Crippen molar-refractivity contribution in [2.75, 3.05) is 43.5 Å². The average Bonchev–Trinajstić information content (AvgIpc) is 3.43. The van der Waals surface area contributed by atoms with Gasteiger partial charge in [0, 0.05) is 24.5 Å². The molecule has 0 radical (unpaired) electrons. The van der Waals surface area contributed by atoms with Crippen molar-refractivity contribution in [1.82, 2.24) is 20.1 Å². The van der Waals surface area contributed by atoms with Crippen molar-refractivity contribution in [3.63, 3.8) is 0 Å². The number of carbonyl (C=O) groups is 1. The van der Waals surface area contributed by atoms with Gasteiger partial charge in [0.2, 0.25) is 11.9 Å². The number of amides is 1. The Hall–Kier alpha value is -2.36. The Bertz CT molecular complexity index is 968. The number of benzene rings is 1. The number of hydrogen-bond acceptors (Lipinski definition) is 7. The standard InChI is InChI=1S/C21H25N5O2S2/c1-16-4-2-5-17(14-16)26-20(25-9-11-28-12-10-25)23-24-21(26)30-15-19(27)22-8-7-18-6-3-13-29-18/h2-6,13-14H,7-12,15H2,1H3,(H,22,27). The smallest absolute Gasteiger partial charge is 0.232 e. The van der Waals surface area contributed by atoms with E-state index in [1.807, 2.05) is 22.8 Å². The molecule has 1 aliphatic heterocycles. The summed E-state index contributed by atoms with van der Waals surface area (Å²) in [5.41, 5.74) is 2.17. The zero-order chi connectivity index (χ0) is 20.8. The van der Waals surface area contributed by atoms with Gasteiger partial charge in [-0.3, -0.25) is 9.36 Å². The van der Waals surface area contributed by atoms with Gasteiger partial charge >= 0.3 is 0 Å². The number of thioether (sulfide) groups is 1. The molecule has 0 bridgehead atoms. The van der Waals surface area contributed by atoms with Crippen LogP contribution in [0.25, 0.3) is 5.69 Å². The maximum Gasteiger partial charge on any atom is 0.232 e. The van der Waals surface area contributed by atoms with Gasteiger partial charge < -0.3 is 15.0 Å². The molecule has 7 nitrogen and oxygen atoms in total. The van der Waals surface area contributed by atoms with Crippen molar-refractivity contribution in [2.45, 2.75) is 18.5 Å². The van der Waals surface area contributed by atoms with Crippen LogP contribution in [-0.2, 0) is 16.0 Å². The van der Waals surface area contributed by atoms with E-state index in [0.29, 0.717) is 25.5 Å². The summed E-state index contributed by atoms with van der Waals surface area (Å²) in [6, 6.07) is 12.4. The maximum atomic E-state index is 12.3. The summed E-state index contributed by atoms with van der Waals surface area (Å²) in [5, 5.41) is 14.6. The first kappa shape index (κ1) is 20.9. The second-order valence-corrected chi connectivity index (χ2v) is 9.00. The number of hydrogen-bond donors (Lipinski definition) is 1. The zero-order valence-corrected chi connectivity index (χ0v) is 18.5.